The van der Waals surface area contributed by atoms with Crippen LogP contribution in [-0.4, -0.2) is 21.3 Å². The van der Waals surface area contributed by atoms with Crippen LogP contribution in [0.15, 0.2) is 24.4 Å². The molecule has 0 aromatic carbocycles. The van der Waals surface area contributed by atoms with Gasteiger partial charge >= 0.3 is 5.97 Å². The van der Waals surface area contributed by atoms with E-state index in [1.165, 1.54) is 11.3 Å². The highest BCUT2D eigenvalue weighted by Crippen LogP contribution is 2.27. The molecule has 6 heteroatoms. The van der Waals surface area contributed by atoms with Gasteiger partial charge in [-0.05, 0) is 25.3 Å². The van der Waals surface area contributed by atoms with Gasteiger partial charge in [-0.2, -0.15) is 0 Å². The maximum absolute atomic E-state index is 11.3. The summed E-state index contributed by atoms with van der Waals surface area (Å²) in [6.07, 6.45) is 6.57. The second-order valence-corrected chi connectivity index (χ2v) is 4.28. The Kier molecular flexibility index (Phi) is 2.28. The van der Waals surface area contributed by atoms with Crippen LogP contribution in [0.3, 0.4) is 0 Å². The van der Waals surface area contributed by atoms with Gasteiger partial charge in [0, 0.05) is 0 Å². The van der Waals surface area contributed by atoms with E-state index in [2.05, 4.69) is 15.5 Å². The molecule has 2 heterocycles. The monoisotopic (exact) mass is 223 g/mol. The Balaban J connectivity index is 2.48. The minimum atomic E-state index is -1.26. The van der Waals surface area contributed by atoms with Crippen LogP contribution in [0.1, 0.15) is 10.0 Å². The van der Waals surface area contributed by atoms with Crippen LogP contribution in [0.5, 0.6) is 0 Å². The number of carboxylic acid groups (broad SMARTS) is 1. The zero-order valence-corrected chi connectivity index (χ0v) is 8.78. The number of hydrogen-bond acceptors (Lipinski definition) is 5. The molecule has 1 unspecified atom stereocenters. The fourth-order valence-electron chi connectivity index (χ4n) is 1.30. The predicted molar refractivity (Wildman–Crippen MR) is 55.4 cm³/mol. The van der Waals surface area contributed by atoms with E-state index in [1.54, 1.807) is 31.4 Å². The molecule has 15 heavy (non-hydrogen) atoms. The van der Waals surface area contributed by atoms with Crippen LogP contribution < -0.4 is 5.32 Å². The number of aromatic nitrogens is 2. The third-order valence-corrected chi connectivity index (χ3v) is 3.04. The Morgan fingerprint density at radius 1 is 1.53 bits per heavy atom. The number of rotatable bonds is 2. The van der Waals surface area contributed by atoms with E-state index < -0.39 is 11.5 Å². The van der Waals surface area contributed by atoms with Gasteiger partial charge in [-0.25, -0.2) is 4.79 Å². The summed E-state index contributed by atoms with van der Waals surface area (Å²) in [6.45, 7) is 1.79. The van der Waals surface area contributed by atoms with Crippen molar-refractivity contribution in [3.8, 4) is 0 Å². The first-order valence-electron chi connectivity index (χ1n) is 4.31. The number of carboxylic acids is 1. The van der Waals surface area contributed by atoms with E-state index in [0.717, 1.165) is 5.01 Å². The molecule has 1 aromatic heterocycles. The molecule has 5 nitrogen and oxygen atoms in total. The number of hydrogen-bond donors (Lipinski definition) is 2. The second-order valence-electron chi connectivity index (χ2n) is 3.10. The van der Waals surface area contributed by atoms with Crippen molar-refractivity contribution < 1.29 is 9.90 Å². The molecule has 0 saturated carbocycles. The van der Waals surface area contributed by atoms with Gasteiger partial charge in [0.15, 0.2) is 5.01 Å². The van der Waals surface area contributed by atoms with Crippen molar-refractivity contribution in [1.29, 1.82) is 0 Å². The van der Waals surface area contributed by atoms with Crippen LogP contribution in [0.4, 0.5) is 0 Å². The minimum Gasteiger partial charge on any atom is -0.479 e. The van der Waals surface area contributed by atoms with Crippen LogP contribution in [0, 0.1) is 6.92 Å². The largest absolute Gasteiger partial charge is 0.479 e. The first kappa shape index (κ1) is 9.85. The SMILES string of the molecule is Cc1nnc(C2(C(=O)O)C=CC=CN2)s1. The molecule has 1 aromatic rings. The molecule has 1 aliphatic heterocycles. The van der Waals surface area contributed by atoms with Gasteiger partial charge in [0.2, 0.25) is 5.54 Å². The molecular weight excluding hydrogens is 214 g/mol. The van der Waals surface area contributed by atoms with Crippen molar-refractivity contribution in [2.45, 2.75) is 12.5 Å². The summed E-state index contributed by atoms with van der Waals surface area (Å²) in [5.41, 5.74) is -1.26. The van der Waals surface area contributed by atoms with Crippen molar-refractivity contribution in [1.82, 2.24) is 15.5 Å². The molecular formula is C9H9N3O2S. The van der Waals surface area contributed by atoms with E-state index in [4.69, 9.17) is 0 Å². The lowest BCUT2D eigenvalue weighted by Crippen LogP contribution is -2.46. The van der Waals surface area contributed by atoms with Crippen LogP contribution in [0.25, 0.3) is 0 Å². The second kappa shape index (κ2) is 3.47. The number of nitrogens with zero attached hydrogens (tertiary/aromatic N) is 2. The van der Waals surface area contributed by atoms with E-state index >= 15 is 0 Å². The summed E-state index contributed by atoms with van der Waals surface area (Å²) < 4.78 is 0. The summed E-state index contributed by atoms with van der Waals surface area (Å²) in [5, 5.41) is 20.9. The summed E-state index contributed by atoms with van der Waals surface area (Å²) in [7, 11) is 0. The zero-order valence-electron chi connectivity index (χ0n) is 7.97. The van der Waals surface area contributed by atoms with Gasteiger partial charge in [-0.1, -0.05) is 17.4 Å². The average molecular weight is 223 g/mol. The highest BCUT2D eigenvalue weighted by atomic mass is 32.1. The van der Waals surface area contributed by atoms with E-state index in [0.29, 0.717) is 5.01 Å². The first-order chi connectivity index (χ1) is 7.15. The first-order valence-corrected chi connectivity index (χ1v) is 5.13. The zero-order chi connectivity index (χ0) is 10.9. The molecule has 0 spiro atoms. The summed E-state index contributed by atoms with van der Waals surface area (Å²) in [4.78, 5) is 11.3. The molecule has 0 bridgehead atoms. The Hall–Kier alpha value is -1.69. The number of allylic oxidation sites excluding steroid dienone is 2. The molecule has 1 aliphatic rings. The fraction of sp³-hybridized carbons (Fsp3) is 0.222. The van der Waals surface area contributed by atoms with Crippen LogP contribution >= 0.6 is 11.3 Å². The lowest BCUT2D eigenvalue weighted by molar-refractivity contribution is -0.142. The highest BCUT2D eigenvalue weighted by molar-refractivity contribution is 7.11. The standard InChI is InChI=1S/C9H9N3O2S/c1-6-11-12-7(15-6)9(8(13)14)4-2-3-5-10-9/h2-5,10H,1H3,(H,13,14). The lowest BCUT2D eigenvalue weighted by atomic mass is 9.98. The van der Waals surface area contributed by atoms with Crippen molar-refractivity contribution >= 4 is 17.3 Å². The number of aryl methyl sites for hydroxylation is 1. The van der Waals surface area contributed by atoms with Gasteiger partial charge in [0.1, 0.15) is 5.01 Å². The molecule has 0 saturated heterocycles. The highest BCUT2D eigenvalue weighted by Gasteiger charge is 2.41. The molecule has 0 amide bonds. The quantitative estimate of drug-likeness (QED) is 0.775. The summed E-state index contributed by atoms with van der Waals surface area (Å²) in [5.74, 6) is -0.987. The molecule has 78 valence electrons. The Morgan fingerprint density at radius 3 is 2.80 bits per heavy atom. The summed E-state index contributed by atoms with van der Waals surface area (Å²) in [6, 6.07) is 0. The average Bonchev–Trinajstić information content (AvgIpc) is 2.66. The van der Waals surface area contributed by atoms with Gasteiger partial charge < -0.3 is 10.4 Å². The Labute approximate surface area is 90.2 Å². The van der Waals surface area contributed by atoms with Crippen molar-refractivity contribution in [3.05, 3.63) is 34.4 Å². The molecule has 0 radical (unpaired) electrons. The molecule has 0 fully saturated rings. The van der Waals surface area contributed by atoms with Crippen molar-refractivity contribution in [3.63, 3.8) is 0 Å². The third-order valence-electron chi connectivity index (χ3n) is 2.07. The maximum Gasteiger partial charge on any atom is 0.340 e. The molecule has 1 atom stereocenters. The number of aliphatic carboxylic acids is 1. The number of dihydropyridines is 1. The van der Waals surface area contributed by atoms with Crippen molar-refractivity contribution in [2.24, 2.45) is 0 Å². The van der Waals surface area contributed by atoms with E-state index in [-0.39, 0.29) is 0 Å². The molecule has 0 aliphatic carbocycles. The lowest BCUT2D eigenvalue weighted by Gasteiger charge is -2.25. The van der Waals surface area contributed by atoms with Gasteiger partial charge in [0.05, 0.1) is 0 Å². The summed E-state index contributed by atoms with van der Waals surface area (Å²) >= 11 is 1.27. The molecule has 2 N–H and O–H groups in total. The van der Waals surface area contributed by atoms with Crippen LogP contribution in [0.2, 0.25) is 0 Å². The van der Waals surface area contributed by atoms with Gasteiger partial charge in [-0.15, -0.1) is 10.2 Å². The maximum atomic E-state index is 11.3. The topological polar surface area (TPSA) is 75.1 Å². The normalized spacial score (nSPS) is 23.8. The predicted octanol–water partition coefficient (Wildman–Crippen LogP) is 0.800. The van der Waals surface area contributed by atoms with Gasteiger partial charge in [0.25, 0.3) is 0 Å². The Bertz CT molecular complexity index is 452. The van der Waals surface area contributed by atoms with E-state index in [1.807, 2.05) is 0 Å². The number of carbonyl (C=O) groups is 1. The van der Waals surface area contributed by atoms with Crippen molar-refractivity contribution in [2.75, 3.05) is 0 Å². The smallest absolute Gasteiger partial charge is 0.340 e. The third kappa shape index (κ3) is 1.52. The van der Waals surface area contributed by atoms with E-state index in [9.17, 15) is 9.90 Å². The number of nitrogens with one attached hydrogen (secondary N) is 1. The van der Waals surface area contributed by atoms with Crippen LogP contribution in [-0.2, 0) is 10.3 Å². The minimum absolute atomic E-state index is 0.438. The Morgan fingerprint density at radius 2 is 2.33 bits per heavy atom. The van der Waals surface area contributed by atoms with Gasteiger partial charge in [-0.3, -0.25) is 0 Å². The fourth-order valence-corrected chi connectivity index (χ4v) is 2.11. The molecule has 2 rings (SSSR count).